The Balaban J connectivity index is 2.42. The predicted molar refractivity (Wildman–Crippen MR) is 67.0 cm³/mol. The summed E-state index contributed by atoms with van der Waals surface area (Å²) in [6, 6.07) is 7.26. The van der Waals surface area contributed by atoms with Gasteiger partial charge in [0.25, 0.3) is 0 Å². The van der Waals surface area contributed by atoms with Crippen LogP contribution in [0.25, 0.3) is 0 Å². The molecule has 2 rings (SSSR count). The Hall–Kier alpha value is -2.35. The average Bonchev–Trinajstić information content (AvgIpc) is 2.38. The Bertz CT molecular complexity index is 546. The van der Waals surface area contributed by atoms with Crippen LogP contribution in [0.15, 0.2) is 18.2 Å². The molecule has 0 spiro atoms. The highest BCUT2D eigenvalue weighted by molar-refractivity contribution is 6.16. The van der Waals surface area contributed by atoms with Crippen molar-refractivity contribution in [2.75, 3.05) is 17.3 Å². The summed E-state index contributed by atoms with van der Waals surface area (Å²) < 4.78 is 0. The van der Waals surface area contributed by atoms with Gasteiger partial charge in [0.15, 0.2) is 0 Å². The van der Waals surface area contributed by atoms with Gasteiger partial charge in [-0.3, -0.25) is 9.59 Å². The predicted octanol–water partition coefficient (Wildman–Crippen LogP) is 1.45. The van der Waals surface area contributed by atoms with Crippen molar-refractivity contribution < 1.29 is 9.59 Å². The van der Waals surface area contributed by atoms with Crippen LogP contribution in [0.3, 0.4) is 0 Å². The molecule has 0 aliphatic carbocycles. The Morgan fingerprint density at radius 2 is 2.28 bits per heavy atom. The first kappa shape index (κ1) is 12.1. The van der Waals surface area contributed by atoms with Crippen LogP contribution in [0.5, 0.6) is 0 Å². The Labute approximate surface area is 105 Å². The molecule has 1 aliphatic rings. The standard InChI is InChI=1S/C13H13N3O2/c1-15-10-3-4-11-9(8-10)2-5-12(17)16(11)13(18)6-7-14/h3-4,8,15H,2,5-6H2,1H3. The zero-order valence-electron chi connectivity index (χ0n) is 10.1. The Morgan fingerprint density at radius 3 is 2.94 bits per heavy atom. The van der Waals surface area contributed by atoms with Crippen molar-refractivity contribution in [1.29, 1.82) is 5.26 Å². The molecule has 0 fully saturated rings. The van der Waals surface area contributed by atoms with Crippen LogP contribution < -0.4 is 10.2 Å². The SMILES string of the molecule is CNc1ccc2c(c1)CCC(=O)N2C(=O)CC#N. The van der Waals surface area contributed by atoms with Crippen LogP contribution in [-0.2, 0) is 16.0 Å². The van der Waals surface area contributed by atoms with E-state index in [2.05, 4.69) is 5.32 Å². The molecule has 0 saturated carbocycles. The third kappa shape index (κ3) is 2.05. The third-order valence-electron chi connectivity index (χ3n) is 2.95. The van der Waals surface area contributed by atoms with Crippen molar-refractivity contribution in [3.05, 3.63) is 23.8 Å². The number of hydrogen-bond acceptors (Lipinski definition) is 4. The second kappa shape index (κ2) is 4.88. The van der Waals surface area contributed by atoms with Gasteiger partial charge in [-0.25, -0.2) is 4.90 Å². The number of nitriles is 1. The number of carbonyl (C=O) groups excluding carboxylic acids is 2. The minimum absolute atomic E-state index is 0.236. The Morgan fingerprint density at radius 1 is 1.50 bits per heavy atom. The van der Waals surface area contributed by atoms with Crippen LogP contribution in [0.1, 0.15) is 18.4 Å². The van der Waals surface area contributed by atoms with Gasteiger partial charge in [0.1, 0.15) is 6.42 Å². The van der Waals surface area contributed by atoms with E-state index in [-0.39, 0.29) is 12.3 Å². The highest BCUT2D eigenvalue weighted by Gasteiger charge is 2.29. The summed E-state index contributed by atoms with van der Waals surface area (Å²) >= 11 is 0. The topological polar surface area (TPSA) is 73.2 Å². The second-order valence-corrected chi connectivity index (χ2v) is 4.05. The maximum Gasteiger partial charge on any atom is 0.247 e. The first-order valence-corrected chi connectivity index (χ1v) is 5.70. The lowest BCUT2D eigenvalue weighted by Crippen LogP contribution is -2.40. The van der Waals surface area contributed by atoms with Gasteiger partial charge in [-0.1, -0.05) is 0 Å². The first-order valence-electron chi connectivity index (χ1n) is 5.70. The summed E-state index contributed by atoms with van der Waals surface area (Å²) in [4.78, 5) is 24.7. The summed E-state index contributed by atoms with van der Waals surface area (Å²) in [6.07, 6.45) is 0.649. The molecule has 1 aliphatic heterocycles. The maximum absolute atomic E-state index is 11.8. The van der Waals surface area contributed by atoms with Crippen molar-refractivity contribution in [3.63, 3.8) is 0 Å². The number of nitrogens with one attached hydrogen (secondary N) is 1. The van der Waals surface area contributed by atoms with Gasteiger partial charge in [-0.2, -0.15) is 5.26 Å². The molecule has 1 aromatic carbocycles. The number of aryl methyl sites for hydroxylation is 1. The molecule has 0 unspecified atom stereocenters. The fraction of sp³-hybridized carbons (Fsp3) is 0.308. The van der Waals surface area contributed by atoms with Crippen molar-refractivity contribution in [2.45, 2.75) is 19.3 Å². The average molecular weight is 243 g/mol. The minimum Gasteiger partial charge on any atom is -0.388 e. The zero-order valence-corrected chi connectivity index (χ0v) is 10.1. The molecule has 92 valence electrons. The van der Waals surface area contributed by atoms with E-state index in [0.717, 1.165) is 16.2 Å². The van der Waals surface area contributed by atoms with Gasteiger partial charge in [0.05, 0.1) is 11.8 Å². The van der Waals surface area contributed by atoms with Crippen LogP contribution in [0.4, 0.5) is 11.4 Å². The van der Waals surface area contributed by atoms with Gasteiger partial charge < -0.3 is 5.32 Å². The monoisotopic (exact) mass is 243 g/mol. The van der Waals surface area contributed by atoms with Gasteiger partial charge >= 0.3 is 0 Å². The van der Waals surface area contributed by atoms with E-state index in [1.165, 1.54) is 0 Å². The molecular formula is C13H13N3O2. The van der Waals surface area contributed by atoms with E-state index in [9.17, 15) is 9.59 Å². The largest absolute Gasteiger partial charge is 0.388 e. The number of benzene rings is 1. The highest BCUT2D eigenvalue weighted by Crippen LogP contribution is 2.30. The number of anilines is 2. The number of fused-ring (bicyclic) bond motifs is 1. The quantitative estimate of drug-likeness (QED) is 0.853. The van der Waals surface area contributed by atoms with E-state index < -0.39 is 5.91 Å². The molecule has 0 atom stereocenters. The fourth-order valence-corrected chi connectivity index (χ4v) is 2.07. The molecule has 5 nitrogen and oxygen atoms in total. The molecule has 18 heavy (non-hydrogen) atoms. The zero-order chi connectivity index (χ0) is 13.1. The lowest BCUT2D eigenvalue weighted by atomic mass is 10.00. The summed E-state index contributed by atoms with van der Waals surface area (Å²) in [5, 5.41) is 11.6. The number of carbonyl (C=O) groups is 2. The van der Waals surface area contributed by atoms with E-state index >= 15 is 0 Å². The smallest absolute Gasteiger partial charge is 0.247 e. The lowest BCUT2D eigenvalue weighted by molar-refractivity contribution is -0.126. The molecule has 0 aromatic heterocycles. The second-order valence-electron chi connectivity index (χ2n) is 4.05. The molecule has 1 heterocycles. The Kier molecular flexibility index (Phi) is 3.28. The molecule has 2 amide bonds. The molecule has 0 radical (unpaired) electrons. The summed E-state index contributed by atoms with van der Waals surface area (Å²) in [5.74, 6) is -0.694. The van der Waals surface area contributed by atoms with E-state index in [1.54, 1.807) is 12.1 Å². The van der Waals surface area contributed by atoms with Gasteiger partial charge in [-0.15, -0.1) is 0 Å². The molecule has 0 saturated heterocycles. The van der Waals surface area contributed by atoms with Crippen molar-refractivity contribution in [2.24, 2.45) is 0 Å². The van der Waals surface area contributed by atoms with Crippen LogP contribution in [0.2, 0.25) is 0 Å². The summed E-state index contributed by atoms with van der Waals surface area (Å²) in [6.45, 7) is 0. The molecule has 5 heteroatoms. The number of amides is 2. The van der Waals surface area contributed by atoms with E-state index in [0.29, 0.717) is 18.5 Å². The molecule has 0 bridgehead atoms. The maximum atomic E-state index is 11.8. The normalized spacial score (nSPS) is 13.8. The fourth-order valence-electron chi connectivity index (χ4n) is 2.07. The summed E-state index contributed by atoms with van der Waals surface area (Å²) in [5.41, 5.74) is 2.49. The minimum atomic E-state index is -0.458. The van der Waals surface area contributed by atoms with Crippen LogP contribution in [-0.4, -0.2) is 18.9 Å². The molecule has 1 N–H and O–H groups in total. The van der Waals surface area contributed by atoms with Crippen LogP contribution in [0, 0.1) is 11.3 Å². The number of rotatable bonds is 2. The van der Waals surface area contributed by atoms with E-state index in [1.807, 2.05) is 19.2 Å². The number of imide groups is 1. The number of hydrogen-bond donors (Lipinski definition) is 1. The summed E-state index contributed by atoms with van der Waals surface area (Å²) in [7, 11) is 1.81. The van der Waals surface area contributed by atoms with Crippen LogP contribution >= 0.6 is 0 Å². The van der Waals surface area contributed by atoms with Crippen molar-refractivity contribution >= 4 is 23.2 Å². The van der Waals surface area contributed by atoms with Gasteiger partial charge in [0, 0.05) is 19.2 Å². The van der Waals surface area contributed by atoms with Gasteiger partial charge in [-0.05, 0) is 30.2 Å². The van der Waals surface area contributed by atoms with E-state index in [4.69, 9.17) is 5.26 Å². The third-order valence-corrected chi connectivity index (χ3v) is 2.95. The molecule has 1 aromatic rings. The lowest BCUT2D eigenvalue weighted by Gasteiger charge is -2.27. The molecular weight excluding hydrogens is 230 g/mol. The van der Waals surface area contributed by atoms with Crippen molar-refractivity contribution in [3.8, 4) is 6.07 Å². The highest BCUT2D eigenvalue weighted by atomic mass is 16.2. The number of nitrogens with zero attached hydrogens (tertiary/aromatic N) is 2. The van der Waals surface area contributed by atoms with Gasteiger partial charge in [0.2, 0.25) is 11.8 Å². The first-order chi connectivity index (χ1) is 8.67. The van der Waals surface area contributed by atoms with Crippen molar-refractivity contribution in [1.82, 2.24) is 0 Å².